The van der Waals surface area contributed by atoms with Gasteiger partial charge in [-0.05, 0) is 19.8 Å². The third-order valence-electron chi connectivity index (χ3n) is 1.49. The molecule has 1 unspecified atom stereocenters. The Kier molecular flexibility index (Phi) is 7.67. The zero-order chi connectivity index (χ0) is 11.0. The van der Waals surface area contributed by atoms with Crippen molar-refractivity contribution in [1.29, 1.82) is 0 Å². The van der Waals surface area contributed by atoms with Crippen molar-refractivity contribution < 1.29 is 18.7 Å². The van der Waals surface area contributed by atoms with Crippen molar-refractivity contribution in [1.82, 2.24) is 0 Å². The molecular formula is C9H17O4P. The fourth-order valence-corrected chi connectivity index (χ4v) is 1.42. The summed E-state index contributed by atoms with van der Waals surface area (Å²) in [5.74, 6) is -0.489. The summed E-state index contributed by atoms with van der Waals surface area (Å²) in [6, 6.07) is 0. The van der Waals surface area contributed by atoms with Crippen molar-refractivity contribution in [3.05, 3.63) is 11.6 Å². The minimum absolute atomic E-state index is 0.328. The first-order valence-corrected chi connectivity index (χ1v) is 5.81. The van der Waals surface area contributed by atoms with E-state index in [1.165, 1.54) is 0 Å². The van der Waals surface area contributed by atoms with Gasteiger partial charge in [-0.1, -0.05) is 19.9 Å². The molecule has 0 radical (unpaired) electrons. The van der Waals surface area contributed by atoms with Gasteiger partial charge in [-0.15, -0.1) is 0 Å². The van der Waals surface area contributed by atoms with Gasteiger partial charge in [0.2, 0.25) is 0 Å². The smallest absolute Gasteiger partial charge is 0.391 e. The van der Waals surface area contributed by atoms with Gasteiger partial charge in [-0.25, -0.2) is 4.79 Å². The molecule has 1 atom stereocenters. The fourth-order valence-electron chi connectivity index (χ4n) is 0.885. The first-order chi connectivity index (χ1) is 6.65. The number of hydrogen-bond acceptors (Lipinski definition) is 4. The monoisotopic (exact) mass is 220 g/mol. The number of carbonyl (C=O) groups excluding carboxylic acids is 1. The van der Waals surface area contributed by atoms with Crippen molar-refractivity contribution in [2.24, 2.45) is 0 Å². The average Bonchev–Trinajstić information content (AvgIpc) is 2.14. The zero-order valence-electron chi connectivity index (χ0n) is 8.82. The van der Waals surface area contributed by atoms with Crippen molar-refractivity contribution >= 4 is 14.6 Å². The second-order valence-electron chi connectivity index (χ2n) is 2.53. The summed E-state index contributed by atoms with van der Waals surface area (Å²) in [6.45, 7) is 5.85. The van der Waals surface area contributed by atoms with Crippen LogP contribution in [0, 0.1) is 0 Å². The quantitative estimate of drug-likeness (QED) is 0.552. The van der Waals surface area contributed by atoms with E-state index >= 15 is 0 Å². The lowest BCUT2D eigenvalue weighted by atomic mass is 10.2. The van der Waals surface area contributed by atoms with Crippen LogP contribution in [0.5, 0.6) is 0 Å². The number of carbonyl (C=O) groups is 1. The zero-order valence-corrected chi connectivity index (χ0v) is 9.71. The van der Waals surface area contributed by atoms with Crippen LogP contribution in [0.4, 0.5) is 0 Å². The van der Waals surface area contributed by atoms with E-state index in [0.717, 1.165) is 6.42 Å². The van der Waals surface area contributed by atoms with Crippen molar-refractivity contribution in [2.75, 3.05) is 6.61 Å². The van der Waals surface area contributed by atoms with Crippen LogP contribution < -0.4 is 0 Å². The summed E-state index contributed by atoms with van der Waals surface area (Å²) in [7, 11) is -2.06. The molecule has 0 bridgehead atoms. The molecule has 4 nitrogen and oxygen atoms in total. The van der Waals surface area contributed by atoms with Crippen LogP contribution >= 0.6 is 8.60 Å². The second-order valence-corrected chi connectivity index (χ2v) is 3.44. The van der Waals surface area contributed by atoms with Crippen LogP contribution in [-0.4, -0.2) is 17.5 Å². The maximum atomic E-state index is 11.3. The van der Waals surface area contributed by atoms with Gasteiger partial charge in [0.05, 0.1) is 6.61 Å². The number of hydrogen-bond donors (Lipinski definition) is 1. The third kappa shape index (κ3) is 5.32. The molecule has 0 aromatic heterocycles. The summed E-state index contributed by atoms with van der Waals surface area (Å²) in [5.41, 5.74) is 0.578. The molecule has 5 heteroatoms. The average molecular weight is 220 g/mol. The van der Waals surface area contributed by atoms with Gasteiger partial charge >= 0.3 is 14.6 Å². The Bertz CT molecular complexity index is 203. The van der Waals surface area contributed by atoms with Gasteiger partial charge in [-0.2, -0.15) is 0 Å². The molecule has 1 N–H and O–H groups in total. The van der Waals surface area contributed by atoms with E-state index in [4.69, 9.17) is 9.42 Å². The molecule has 0 aromatic rings. The van der Waals surface area contributed by atoms with Gasteiger partial charge in [0.15, 0.2) is 0 Å². The van der Waals surface area contributed by atoms with Gasteiger partial charge in [0, 0.05) is 5.57 Å². The molecule has 0 heterocycles. The molecule has 0 aliphatic heterocycles. The summed E-state index contributed by atoms with van der Waals surface area (Å²) in [5, 5.41) is 0. The van der Waals surface area contributed by atoms with Gasteiger partial charge in [0.25, 0.3) is 0 Å². The maximum Gasteiger partial charge on any atom is 0.396 e. The highest BCUT2D eigenvalue weighted by Crippen LogP contribution is 2.33. The summed E-state index contributed by atoms with van der Waals surface area (Å²) >= 11 is 0. The maximum absolute atomic E-state index is 11.3. The molecule has 0 saturated heterocycles. The minimum atomic E-state index is -2.06. The minimum Gasteiger partial charge on any atom is -0.391 e. The van der Waals surface area contributed by atoms with Crippen molar-refractivity contribution in [3.8, 4) is 0 Å². The molecule has 0 spiro atoms. The second kappa shape index (κ2) is 7.92. The Hall–Kier alpha value is -0.440. The van der Waals surface area contributed by atoms with E-state index in [1.54, 1.807) is 13.0 Å². The first-order valence-electron chi connectivity index (χ1n) is 4.68. The van der Waals surface area contributed by atoms with E-state index in [0.29, 0.717) is 18.6 Å². The highest BCUT2D eigenvalue weighted by molar-refractivity contribution is 7.41. The molecule has 0 rings (SSSR count). The van der Waals surface area contributed by atoms with Gasteiger partial charge in [0.1, 0.15) is 0 Å². The van der Waals surface area contributed by atoms with Crippen LogP contribution in [0.2, 0.25) is 0 Å². The molecule has 0 aliphatic rings. The first kappa shape index (κ1) is 13.6. The lowest BCUT2D eigenvalue weighted by molar-refractivity contribution is -0.131. The van der Waals surface area contributed by atoms with E-state index in [-0.39, 0.29) is 0 Å². The summed E-state index contributed by atoms with van der Waals surface area (Å²) in [6.07, 6.45) is 3.16. The summed E-state index contributed by atoms with van der Waals surface area (Å²) in [4.78, 5) is 20.4. The Morgan fingerprint density at radius 2 is 2.07 bits per heavy atom. The molecule has 0 fully saturated rings. The molecule has 0 saturated carbocycles. The topological polar surface area (TPSA) is 55.8 Å². The van der Waals surface area contributed by atoms with E-state index in [9.17, 15) is 4.79 Å². The Morgan fingerprint density at radius 1 is 1.43 bits per heavy atom. The van der Waals surface area contributed by atoms with Crippen LogP contribution in [-0.2, 0) is 13.8 Å². The largest absolute Gasteiger partial charge is 0.396 e. The van der Waals surface area contributed by atoms with Crippen molar-refractivity contribution in [2.45, 2.75) is 33.6 Å². The molecule has 0 aliphatic carbocycles. The van der Waals surface area contributed by atoms with Crippen molar-refractivity contribution in [3.63, 3.8) is 0 Å². The standard InChI is InChI=1S/C9H17O4P/c1-4-7-8(5-2)9(10)13-14(11)12-6-3/h7,11H,4-6H2,1-3H3. The van der Waals surface area contributed by atoms with Crippen LogP contribution in [0.3, 0.4) is 0 Å². The Morgan fingerprint density at radius 3 is 2.50 bits per heavy atom. The number of rotatable bonds is 6. The van der Waals surface area contributed by atoms with E-state index in [2.05, 4.69) is 4.52 Å². The van der Waals surface area contributed by atoms with Crippen LogP contribution in [0.15, 0.2) is 11.6 Å². The normalized spacial score (nSPS) is 13.9. The molecular weight excluding hydrogens is 203 g/mol. The number of allylic oxidation sites excluding steroid dienone is 1. The Balaban J connectivity index is 4.10. The van der Waals surface area contributed by atoms with E-state index in [1.807, 2.05) is 13.8 Å². The lowest BCUT2D eigenvalue weighted by Gasteiger charge is -2.09. The molecule has 82 valence electrons. The Labute approximate surface area is 85.9 Å². The van der Waals surface area contributed by atoms with Gasteiger partial charge < -0.3 is 13.9 Å². The SMILES string of the molecule is CCC=C(CC)C(=O)OP(O)OCC. The van der Waals surface area contributed by atoms with E-state index < -0.39 is 14.6 Å². The molecule has 0 aromatic carbocycles. The predicted molar refractivity (Wildman–Crippen MR) is 55.5 cm³/mol. The van der Waals surface area contributed by atoms with Gasteiger partial charge in [-0.3, -0.25) is 0 Å². The van der Waals surface area contributed by atoms with Crippen LogP contribution in [0.1, 0.15) is 33.6 Å². The lowest BCUT2D eigenvalue weighted by Crippen LogP contribution is -2.05. The highest BCUT2D eigenvalue weighted by Gasteiger charge is 2.15. The fraction of sp³-hybridized carbons (Fsp3) is 0.667. The third-order valence-corrected chi connectivity index (χ3v) is 2.30. The van der Waals surface area contributed by atoms with Crippen LogP contribution in [0.25, 0.3) is 0 Å². The highest BCUT2D eigenvalue weighted by atomic mass is 31.2. The predicted octanol–water partition coefficient (Wildman–Crippen LogP) is 2.53. The summed E-state index contributed by atoms with van der Waals surface area (Å²) < 4.78 is 9.42. The molecule has 0 amide bonds. The molecule has 14 heavy (non-hydrogen) atoms.